The van der Waals surface area contributed by atoms with Crippen molar-refractivity contribution in [2.75, 3.05) is 7.05 Å². The number of hydrogen-bond donors (Lipinski definition) is 1. The fourth-order valence-corrected chi connectivity index (χ4v) is 2.86. The van der Waals surface area contributed by atoms with E-state index >= 15 is 0 Å². The van der Waals surface area contributed by atoms with Gasteiger partial charge in [0.15, 0.2) is 0 Å². The van der Waals surface area contributed by atoms with Crippen LogP contribution in [0.4, 0.5) is 0 Å². The third kappa shape index (κ3) is 3.15. The molecule has 0 radical (unpaired) electrons. The SMILES string of the molecule is CCCn1ncnc1Cn1nc(C)c(C(CC)NC)c1C. The topological polar surface area (TPSA) is 60.6 Å². The Hall–Kier alpha value is -1.69. The van der Waals surface area contributed by atoms with E-state index < -0.39 is 0 Å². The average Bonchev–Trinajstić information content (AvgIpc) is 3.01. The highest BCUT2D eigenvalue weighted by atomic mass is 15.4. The minimum atomic E-state index is 0.354. The summed E-state index contributed by atoms with van der Waals surface area (Å²) in [6, 6.07) is 0.354. The van der Waals surface area contributed by atoms with Crippen LogP contribution in [0.2, 0.25) is 0 Å². The second-order valence-electron chi connectivity index (χ2n) is 5.39. The Bertz CT molecular complexity index is 579. The molecule has 1 unspecified atom stereocenters. The van der Waals surface area contributed by atoms with Crippen molar-refractivity contribution in [2.45, 2.75) is 59.7 Å². The molecule has 0 aliphatic carbocycles. The lowest BCUT2D eigenvalue weighted by molar-refractivity contribution is 0.531. The Labute approximate surface area is 126 Å². The summed E-state index contributed by atoms with van der Waals surface area (Å²) in [4.78, 5) is 4.37. The summed E-state index contributed by atoms with van der Waals surface area (Å²) in [5, 5.41) is 12.3. The lowest BCUT2D eigenvalue weighted by Crippen LogP contribution is -2.17. The molecule has 1 atom stereocenters. The fraction of sp³-hybridized carbons (Fsp3) is 0.667. The average molecular weight is 290 g/mol. The molecule has 2 aromatic heterocycles. The summed E-state index contributed by atoms with van der Waals surface area (Å²) in [5.41, 5.74) is 3.61. The monoisotopic (exact) mass is 290 g/mol. The first kappa shape index (κ1) is 15.7. The number of nitrogens with zero attached hydrogens (tertiary/aromatic N) is 5. The van der Waals surface area contributed by atoms with Gasteiger partial charge in [0.2, 0.25) is 0 Å². The number of aromatic nitrogens is 5. The molecule has 0 saturated carbocycles. The van der Waals surface area contributed by atoms with Crippen LogP contribution in [-0.2, 0) is 13.1 Å². The quantitative estimate of drug-likeness (QED) is 0.849. The predicted octanol–water partition coefficient (Wildman–Crippen LogP) is 2.22. The third-order valence-corrected chi connectivity index (χ3v) is 3.96. The normalized spacial score (nSPS) is 12.8. The zero-order valence-electron chi connectivity index (χ0n) is 13.7. The Morgan fingerprint density at radius 3 is 2.62 bits per heavy atom. The van der Waals surface area contributed by atoms with Crippen molar-refractivity contribution in [3.8, 4) is 0 Å². The van der Waals surface area contributed by atoms with Crippen LogP contribution in [-0.4, -0.2) is 31.6 Å². The molecule has 2 heterocycles. The number of rotatable bonds is 7. The van der Waals surface area contributed by atoms with Crippen molar-refractivity contribution in [1.29, 1.82) is 0 Å². The van der Waals surface area contributed by atoms with Crippen LogP contribution in [0.5, 0.6) is 0 Å². The second-order valence-corrected chi connectivity index (χ2v) is 5.39. The van der Waals surface area contributed by atoms with Gasteiger partial charge in [-0.05, 0) is 33.7 Å². The van der Waals surface area contributed by atoms with Crippen LogP contribution < -0.4 is 5.32 Å². The largest absolute Gasteiger partial charge is 0.313 e. The molecule has 6 heteroatoms. The van der Waals surface area contributed by atoms with Gasteiger partial charge in [0.1, 0.15) is 18.7 Å². The molecule has 0 amide bonds. The van der Waals surface area contributed by atoms with Crippen LogP contribution in [0.3, 0.4) is 0 Å². The van der Waals surface area contributed by atoms with Crippen molar-refractivity contribution < 1.29 is 0 Å². The van der Waals surface area contributed by atoms with E-state index in [4.69, 9.17) is 5.10 Å². The first-order valence-corrected chi connectivity index (χ1v) is 7.70. The van der Waals surface area contributed by atoms with Crippen molar-refractivity contribution >= 4 is 0 Å². The van der Waals surface area contributed by atoms with Crippen molar-refractivity contribution in [2.24, 2.45) is 0 Å². The Kier molecular flexibility index (Phi) is 5.12. The molecule has 0 aliphatic rings. The minimum Gasteiger partial charge on any atom is -0.313 e. The molecule has 116 valence electrons. The van der Waals surface area contributed by atoms with Gasteiger partial charge in [-0.3, -0.25) is 4.68 Å². The molecule has 0 aromatic carbocycles. The van der Waals surface area contributed by atoms with E-state index in [0.717, 1.165) is 30.9 Å². The molecule has 1 N–H and O–H groups in total. The van der Waals surface area contributed by atoms with E-state index in [1.807, 2.05) is 16.4 Å². The summed E-state index contributed by atoms with van der Waals surface area (Å²) < 4.78 is 4.01. The lowest BCUT2D eigenvalue weighted by atomic mass is 10.0. The Balaban J connectivity index is 2.29. The number of nitrogens with one attached hydrogen (secondary N) is 1. The van der Waals surface area contributed by atoms with Crippen LogP contribution in [0.15, 0.2) is 6.33 Å². The maximum Gasteiger partial charge on any atom is 0.148 e. The standard InChI is InChI=1S/C15H26N6/c1-6-8-20-14(17-10-18-20)9-21-12(4)15(11(3)19-21)13(7-2)16-5/h10,13,16H,6-9H2,1-5H3. The first-order valence-electron chi connectivity index (χ1n) is 7.70. The van der Waals surface area contributed by atoms with Gasteiger partial charge >= 0.3 is 0 Å². The number of aryl methyl sites for hydroxylation is 2. The predicted molar refractivity (Wildman–Crippen MR) is 83.2 cm³/mol. The highest BCUT2D eigenvalue weighted by molar-refractivity contribution is 5.28. The molecular weight excluding hydrogens is 264 g/mol. The van der Waals surface area contributed by atoms with Crippen molar-refractivity contribution in [3.63, 3.8) is 0 Å². The van der Waals surface area contributed by atoms with Crippen LogP contribution in [0.1, 0.15) is 55.5 Å². The van der Waals surface area contributed by atoms with Gasteiger partial charge in [0.25, 0.3) is 0 Å². The van der Waals surface area contributed by atoms with Gasteiger partial charge in [-0.1, -0.05) is 13.8 Å². The molecular formula is C15H26N6. The molecule has 0 fully saturated rings. The molecule has 0 saturated heterocycles. The van der Waals surface area contributed by atoms with E-state index in [-0.39, 0.29) is 0 Å². The van der Waals surface area contributed by atoms with E-state index in [0.29, 0.717) is 12.6 Å². The fourth-order valence-electron chi connectivity index (χ4n) is 2.86. The van der Waals surface area contributed by atoms with Gasteiger partial charge in [0, 0.05) is 23.8 Å². The second kappa shape index (κ2) is 6.85. The molecule has 0 aliphatic heterocycles. The zero-order chi connectivity index (χ0) is 15.4. The summed E-state index contributed by atoms with van der Waals surface area (Å²) >= 11 is 0. The third-order valence-electron chi connectivity index (χ3n) is 3.96. The van der Waals surface area contributed by atoms with Gasteiger partial charge in [-0.15, -0.1) is 0 Å². The summed E-state index contributed by atoms with van der Waals surface area (Å²) in [6.07, 6.45) is 3.73. The van der Waals surface area contributed by atoms with E-state index in [9.17, 15) is 0 Å². The van der Waals surface area contributed by atoms with E-state index in [1.165, 1.54) is 11.3 Å². The smallest absolute Gasteiger partial charge is 0.148 e. The molecule has 2 aromatic rings. The summed E-state index contributed by atoms with van der Waals surface area (Å²) in [5.74, 6) is 0.964. The van der Waals surface area contributed by atoms with Crippen LogP contribution in [0.25, 0.3) is 0 Å². The van der Waals surface area contributed by atoms with Gasteiger partial charge in [0.05, 0.1) is 5.69 Å². The van der Waals surface area contributed by atoms with Gasteiger partial charge in [-0.25, -0.2) is 9.67 Å². The van der Waals surface area contributed by atoms with Crippen LogP contribution in [0, 0.1) is 13.8 Å². The zero-order valence-corrected chi connectivity index (χ0v) is 13.7. The maximum absolute atomic E-state index is 4.70. The molecule has 0 bridgehead atoms. The summed E-state index contributed by atoms with van der Waals surface area (Å²) in [6.45, 7) is 10.1. The first-order chi connectivity index (χ1) is 10.1. The number of hydrogen-bond acceptors (Lipinski definition) is 4. The highest BCUT2D eigenvalue weighted by Gasteiger charge is 2.19. The van der Waals surface area contributed by atoms with E-state index in [2.05, 4.69) is 43.1 Å². The lowest BCUT2D eigenvalue weighted by Gasteiger charge is -2.14. The maximum atomic E-state index is 4.70. The molecule has 6 nitrogen and oxygen atoms in total. The Morgan fingerprint density at radius 2 is 2.00 bits per heavy atom. The summed E-state index contributed by atoms with van der Waals surface area (Å²) in [7, 11) is 2.00. The van der Waals surface area contributed by atoms with Crippen LogP contribution >= 0.6 is 0 Å². The van der Waals surface area contributed by atoms with Gasteiger partial charge < -0.3 is 5.32 Å². The highest BCUT2D eigenvalue weighted by Crippen LogP contribution is 2.24. The molecule has 2 rings (SSSR count). The van der Waals surface area contributed by atoms with Gasteiger partial charge in [-0.2, -0.15) is 10.2 Å². The minimum absolute atomic E-state index is 0.354. The molecule has 0 spiro atoms. The molecule has 21 heavy (non-hydrogen) atoms. The Morgan fingerprint density at radius 1 is 1.24 bits per heavy atom. The van der Waals surface area contributed by atoms with Crippen molar-refractivity contribution in [3.05, 3.63) is 29.1 Å². The van der Waals surface area contributed by atoms with Crippen molar-refractivity contribution in [1.82, 2.24) is 29.9 Å². The van der Waals surface area contributed by atoms with E-state index in [1.54, 1.807) is 6.33 Å².